The van der Waals surface area contributed by atoms with Crippen molar-refractivity contribution in [3.05, 3.63) is 71.0 Å². The summed E-state index contributed by atoms with van der Waals surface area (Å²) in [6.45, 7) is 7.09. The van der Waals surface area contributed by atoms with Gasteiger partial charge in [0.05, 0.1) is 17.6 Å². The molecule has 0 spiro atoms. The van der Waals surface area contributed by atoms with Crippen LogP contribution in [0.15, 0.2) is 59.6 Å². The Morgan fingerprint density at radius 2 is 2.05 bits per heavy atom. The van der Waals surface area contributed by atoms with Gasteiger partial charge in [-0.25, -0.2) is 4.98 Å². The quantitative estimate of drug-likeness (QED) is 0.654. The van der Waals surface area contributed by atoms with E-state index in [9.17, 15) is 0 Å². The van der Waals surface area contributed by atoms with Crippen molar-refractivity contribution < 1.29 is 4.74 Å². The summed E-state index contributed by atoms with van der Waals surface area (Å²) in [5, 5.41) is 0. The monoisotopic (exact) mass is 356 g/mol. The Morgan fingerprint density at radius 1 is 1.23 bits per heavy atom. The molecule has 1 aromatic heterocycles. The Hall–Kier alpha value is -2.07. The summed E-state index contributed by atoms with van der Waals surface area (Å²) in [6, 6.07) is 16.1. The van der Waals surface area contributed by atoms with Gasteiger partial charge in [0.15, 0.2) is 0 Å². The molecule has 0 aliphatic heterocycles. The van der Waals surface area contributed by atoms with Gasteiger partial charge in [0.25, 0.3) is 0 Å². The standard InChI is InChI=1S/C18H17BrN2O/c1-13-6-5-7-15(10-13)22-12-18-20-16-8-3-4-9-17(16)21(18)11-14(2)19/h3-10H,2,11-12H2,1H3. The third-order valence-corrected chi connectivity index (χ3v) is 3.67. The number of hydrogen-bond donors (Lipinski definition) is 0. The lowest BCUT2D eigenvalue weighted by atomic mass is 10.2. The smallest absolute Gasteiger partial charge is 0.148 e. The second-order valence-electron chi connectivity index (χ2n) is 5.23. The summed E-state index contributed by atoms with van der Waals surface area (Å²) in [5.41, 5.74) is 3.24. The Labute approximate surface area is 138 Å². The van der Waals surface area contributed by atoms with Gasteiger partial charge < -0.3 is 9.30 Å². The summed E-state index contributed by atoms with van der Waals surface area (Å²) in [4.78, 5) is 4.68. The van der Waals surface area contributed by atoms with Gasteiger partial charge in [-0.3, -0.25) is 0 Å². The maximum Gasteiger partial charge on any atom is 0.148 e. The number of nitrogens with zero attached hydrogens (tertiary/aromatic N) is 2. The molecule has 0 saturated heterocycles. The molecule has 0 fully saturated rings. The van der Waals surface area contributed by atoms with Crippen LogP contribution in [-0.2, 0) is 13.2 Å². The highest BCUT2D eigenvalue weighted by molar-refractivity contribution is 9.11. The van der Waals surface area contributed by atoms with Gasteiger partial charge in [-0.1, -0.05) is 46.8 Å². The van der Waals surface area contributed by atoms with Crippen LogP contribution in [-0.4, -0.2) is 9.55 Å². The van der Waals surface area contributed by atoms with Crippen molar-refractivity contribution in [3.8, 4) is 5.75 Å². The average molecular weight is 357 g/mol. The van der Waals surface area contributed by atoms with Crippen LogP contribution < -0.4 is 4.74 Å². The summed E-state index contributed by atoms with van der Waals surface area (Å²) in [6.07, 6.45) is 0. The van der Waals surface area contributed by atoms with Crippen LogP contribution >= 0.6 is 15.9 Å². The number of imidazole rings is 1. The number of aryl methyl sites for hydroxylation is 1. The van der Waals surface area contributed by atoms with Gasteiger partial charge in [0.1, 0.15) is 18.2 Å². The van der Waals surface area contributed by atoms with E-state index in [2.05, 4.69) is 51.1 Å². The maximum atomic E-state index is 5.90. The molecule has 4 heteroatoms. The molecule has 0 aliphatic carbocycles. The Bertz CT molecular complexity index is 823. The molecule has 3 rings (SSSR count). The summed E-state index contributed by atoms with van der Waals surface area (Å²) in [7, 11) is 0. The zero-order valence-electron chi connectivity index (χ0n) is 12.4. The molecule has 1 heterocycles. The fourth-order valence-corrected chi connectivity index (χ4v) is 2.69. The predicted octanol–water partition coefficient (Wildman–Crippen LogP) is 4.83. The van der Waals surface area contributed by atoms with Gasteiger partial charge in [0.2, 0.25) is 0 Å². The number of rotatable bonds is 5. The highest BCUT2D eigenvalue weighted by Gasteiger charge is 2.11. The molecule has 0 saturated carbocycles. The molecule has 0 radical (unpaired) electrons. The van der Waals surface area contributed by atoms with Gasteiger partial charge in [-0.15, -0.1) is 0 Å². The second kappa shape index (κ2) is 6.36. The topological polar surface area (TPSA) is 27.1 Å². The van der Waals surface area contributed by atoms with Crippen molar-refractivity contribution in [3.63, 3.8) is 0 Å². The maximum absolute atomic E-state index is 5.90. The normalized spacial score (nSPS) is 10.8. The molecule has 0 amide bonds. The average Bonchev–Trinajstić information content (AvgIpc) is 2.83. The van der Waals surface area contributed by atoms with Crippen molar-refractivity contribution in [2.75, 3.05) is 0 Å². The molecule has 2 aromatic carbocycles. The zero-order valence-corrected chi connectivity index (χ0v) is 14.0. The first-order valence-electron chi connectivity index (χ1n) is 7.10. The van der Waals surface area contributed by atoms with Gasteiger partial charge in [0, 0.05) is 4.48 Å². The Morgan fingerprint density at radius 3 is 2.82 bits per heavy atom. The summed E-state index contributed by atoms with van der Waals surface area (Å²) in [5.74, 6) is 1.75. The molecule has 112 valence electrons. The van der Waals surface area contributed by atoms with E-state index < -0.39 is 0 Å². The molecule has 0 unspecified atom stereocenters. The minimum absolute atomic E-state index is 0.429. The van der Waals surface area contributed by atoms with Crippen LogP contribution in [0.5, 0.6) is 5.75 Å². The lowest BCUT2D eigenvalue weighted by molar-refractivity contribution is 0.291. The number of aromatic nitrogens is 2. The molecule has 3 aromatic rings. The van der Waals surface area contributed by atoms with E-state index in [1.807, 2.05) is 36.4 Å². The Balaban J connectivity index is 1.90. The van der Waals surface area contributed by atoms with Crippen molar-refractivity contribution in [2.45, 2.75) is 20.1 Å². The van der Waals surface area contributed by atoms with E-state index in [-0.39, 0.29) is 0 Å². The fourth-order valence-electron chi connectivity index (χ4n) is 2.44. The van der Waals surface area contributed by atoms with Crippen LogP contribution in [0.2, 0.25) is 0 Å². The minimum Gasteiger partial charge on any atom is -0.486 e. The van der Waals surface area contributed by atoms with Crippen LogP contribution in [0.4, 0.5) is 0 Å². The zero-order chi connectivity index (χ0) is 15.5. The van der Waals surface area contributed by atoms with Gasteiger partial charge in [-0.2, -0.15) is 0 Å². The number of hydrogen-bond acceptors (Lipinski definition) is 2. The van der Waals surface area contributed by atoms with Crippen molar-refractivity contribution >= 4 is 27.0 Å². The summed E-state index contributed by atoms with van der Waals surface area (Å²) < 4.78 is 8.93. The highest BCUT2D eigenvalue weighted by atomic mass is 79.9. The van der Waals surface area contributed by atoms with E-state index in [0.717, 1.165) is 27.1 Å². The molecule has 0 aliphatic rings. The van der Waals surface area contributed by atoms with E-state index in [4.69, 9.17) is 4.74 Å². The van der Waals surface area contributed by atoms with Crippen LogP contribution in [0.3, 0.4) is 0 Å². The number of fused-ring (bicyclic) bond motifs is 1. The summed E-state index contributed by atoms with van der Waals surface area (Å²) >= 11 is 3.44. The van der Waals surface area contributed by atoms with E-state index in [1.54, 1.807) is 0 Å². The number of benzene rings is 2. The predicted molar refractivity (Wildman–Crippen MR) is 93.3 cm³/mol. The lowest BCUT2D eigenvalue weighted by Gasteiger charge is -2.10. The van der Waals surface area contributed by atoms with Crippen LogP contribution in [0.25, 0.3) is 11.0 Å². The number of allylic oxidation sites excluding steroid dienone is 1. The molecule has 0 atom stereocenters. The van der Waals surface area contributed by atoms with E-state index in [0.29, 0.717) is 13.2 Å². The molecule has 3 nitrogen and oxygen atoms in total. The minimum atomic E-state index is 0.429. The first kappa shape index (κ1) is 14.9. The number of ether oxygens (including phenoxy) is 1. The van der Waals surface area contributed by atoms with Crippen LogP contribution in [0.1, 0.15) is 11.4 Å². The third-order valence-electron chi connectivity index (χ3n) is 3.42. The molecular weight excluding hydrogens is 340 g/mol. The number of halogens is 1. The number of para-hydroxylation sites is 2. The highest BCUT2D eigenvalue weighted by Crippen LogP contribution is 2.21. The van der Waals surface area contributed by atoms with Crippen molar-refractivity contribution in [1.82, 2.24) is 9.55 Å². The van der Waals surface area contributed by atoms with Gasteiger partial charge in [-0.05, 0) is 36.8 Å². The van der Waals surface area contributed by atoms with Crippen molar-refractivity contribution in [2.24, 2.45) is 0 Å². The van der Waals surface area contributed by atoms with E-state index >= 15 is 0 Å². The van der Waals surface area contributed by atoms with Crippen molar-refractivity contribution in [1.29, 1.82) is 0 Å². The van der Waals surface area contributed by atoms with Gasteiger partial charge >= 0.3 is 0 Å². The first-order chi connectivity index (χ1) is 10.6. The molecular formula is C18H17BrN2O. The second-order valence-corrected chi connectivity index (χ2v) is 6.35. The van der Waals surface area contributed by atoms with E-state index in [1.165, 1.54) is 5.56 Å². The molecule has 0 bridgehead atoms. The SMILES string of the molecule is C=C(Br)Cn1c(COc2cccc(C)c2)nc2ccccc21. The molecule has 0 N–H and O–H groups in total. The largest absolute Gasteiger partial charge is 0.486 e. The third kappa shape index (κ3) is 3.22. The fraction of sp³-hybridized carbons (Fsp3) is 0.167. The lowest BCUT2D eigenvalue weighted by Crippen LogP contribution is -2.07. The van der Waals surface area contributed by atoms with Crippen LogP contribution in [0, 0.1) is 6.92 Å². The molecule has 22 heavy (non-hydrogen) atoms. The Kier molecular flexibility index (Phi) is 4.29. The first-order valence-corrected chi connectivity index (χ1v) is 7.89.